The molecule has 0 aliphatic heterocycles. The molecule has 0 heterocycles. The molecule has 0 bridgehead atoms. The highest BCUT2D eigenvalue weighted by Gasteiger charge is 1.52. The van der Waals surface area contributed by atoms with Crippen molar-refractivity contribution in [2.75, 3.05) is 7.05 Å². The quantitative estimate of drug-likeness (QED) is 0.394. The van der Waals surface area contributed by atoms with E-state index >= 15 is 0 Å². The van der Waals surface area contributed by atoms with Crippen LogP contribution in [0.1, 0.15) is 34.1 Å². The van der Waals surface area contributed by atoms with Crippen LogP contribution in [0, 0.1) is 0 Å². The molecule has 0 fully saturated rings. The van der Waals surface area contributed by atoms with E-state index < -0.39 is 0 Å². The largest absolute Gasteiger partial charge is 0.304 e. The Morgan fingerprint density at radius 1 is 1.40 bits per heavy atom. The van der Waals surface area contributed by atoms with Crippen LogP contribution in [-0.4, -0.2) is 13.8 Å². The van der Waals surface area contributed by atoms with Crippen molar-refractivity contribution < 1.29 is 0 Å². The van der Waals surface area contributed by atoms with Crippen LogP contribution in [0.25, 0.3) is 0 Å². The fourth-order valence-corrected chi connectivity index (χ4v) is 0.236. The molecular weight excluding hydrogens is 122 g/mol. The van der Waals surface area contributed by atoms with E-state index in [1.807, 2.05) is 20.8 Å². The molecule has 0 spiro atoms. The van der Waals surface area contributed by atoms with Gasteiger partial charge in [-0.1, -0.05) is 32.9 Å². The summed E-state index contributed by atoms with van der Waals surface area (Å²) in [6.07, 6.45) is 5.34. The van der Waals surface area contributed by atoms with E-state index in [1.165, 1.54) is 0 Å². The number of nitrogens with zero attached hydrogens (tertiary/aromatic N) is 1. The zero-order valence-corrected chi connectivity index (χ0v) is 8.02. The molecule has 0 atom stereocenters. The molecule has 0 radical (unpaired) electrons. The molecule has 0 aliphatic carbocycles. The molecule has 1 nitrogen and oxygen atoms in total. The molecule has 0 saturated heterocycles. The lowest BCUT2D eigenvalue weighted by Crippen LogP contribution is -1.43. The predicted molar refractivity (Wildman–Crippen MR) is 51.9 cm³/mol. The molecule has 0 N–H and O–H groups in total. The van der Waals surface area contributed by atoms with Crippen molar-refractivity contribution in [3.63, 3.8) is 0 Å². The molecule has 0 saturated carbocycles. The number of aliphatic imine (C=N–C) groups is 1. The molecule has 0 amide bonds. The van der Waals surface area contributed by atoms with Crippen molar-refractivity contribution in [3.05, 3.63) is 12.2 Å². The van der Waals surface area contributed by atoms with Gasteiger partial charge in [0.2, 0.25) is 0 Å². The van der Waals surface area contributed by atoms with Crippen LogP contribution in [0.4, 0.5) is 0 Å². The van der Waals surface area contributed by atoms with Crippen LogP contribution < -0.4 is 0 Å². The van der Waals surface area contributed by atoms with Crippen molar-refractivity contribution in [2.24, 2.45) is 4.99 Å². The fourth-order valence-electron chi connectivity index (χ4n) is 0.236. The van der Waals surface area contributed by atoms with E-state index in [4.69, 9.17) is 0 Å². The van der Waals surface area contributed by atoms with Crippen molar-refractivity contribution in [1.82, 2.24) is 0 Å². The molecule has 0 aromatic heterocycles. The maximum absolute atomic E-state index is 3.25. The molecule has 10 heavy (non-hydrogen) atoms. The van der Waals surface area contributed by atoms with Crippen LogP contribution in [0.2, 0.25) is 0 Å². The summed E-state index contributed by atoms with van der Waals surface area (Å²) in [4.78, 5) is 3.25. The number of allylic oxidation sites excluding steroid dienone is 2. The third kappa shape index (κ3) is 153. The van der Waals surface area contributed by atoms with E-state index in [2.05, 4.69) is 30.8 Å². The van der Waals surface area contributed by atoms with E-state index in [0.29, 0.717) is 0 Å². The smallest absolute Gasteiger partial charge is 0.0269 e. The van der Waals surface area contributed by atoms with Gasteiger partial charge in [0.25, 0.3) is 0 Å². The van der Waals surface area contributed by atoms with Crippen molar-refractivity contribution in [2.45, 2.75) is 34.1 Å². The molecular formula is C9H21N. The van der Waals surface area contributed by atoms with E-state index in [-0.39, 0.29) is 0 Å². The Labute approximate surface area is 65.9 Å². The number of hydrogen-bond donors (Lipinski definition) is 0. The van der Waals surface area contributed by atoms with E-state index in [0.717, 1.165) is 6.42 Å². The summed E-state index contributed by atoms with van der Waals surface area (Å²) < 4.78 is 0. The molecule has 62 valence electrons. The number of rotatable bonds is 1. The third-order valence-electron chi connectivity index (χ3n) is 0.471. The van der Waals surface area contributed by atoms with Crippen molar-refractivity contribution in [3.8, 4) is 0 Å². The second kappa shape index (κ2) is 39.7. The summed E-state index contributed by atoms with van der Waals surface area (Å²) in [5.74, 6) is 0. The monoisotopic (exact) mass is 143 g/mol. The van der Waals surface area contributed by atoms with Crippen molar-refractivity contribution >= 4 is 6.72 Å². The van der Waals surface area contributed by atoms with Gasteiger partial charge < -0.3 is 4.99 Å². The van der Waals surface area contributed by atoms with Crippen LogP contribution >= 0.6 is 0 Å². The molecule has 1 heteroatoms. The molecule has 0 aromatic rings. The first-order chi connectivity index (χ1) is 4.83. The van der Waals surface area contributed by atoms with Gasteiger partial charge >= 0.3 is 0 Å². The number of hydrogen-bond acceptors (Lipinski definition) is 1. The molecule has 0 aromatic carbocycles. The lowest BCUT2D eigenvalue weighted by molar-refractivity contribution is 1.22. The highest BCUT2D eigenvalue weighted by atomic mass is 14.6. The van der Waals surface area contributed by atoms with Crippen molar-refractivity contribution in [1.29, 1.82) is 0 Å². The Hall–Kier alpha value is -0.590. The Kier molecular flexibility index (Phi) is 64.3. The molecule has 0 aliphatic rings. The van der Waals surface area contributed by atoms with Gasteiger partial charge in [0, 0.05) is 7.05 Å². The summed E-state index contributed by atoms with van der Waals surface area (Å²) in [6.45, 7) is 11.3. The van der Waals surface area contributed by atoms with Gasteiger partial charge in [0.15, 0.2) is 0 Å². The van der Waals surface area contributed by atoms with Crippen LogP contribution in [-0.2, 0) is 0 Å². The van der Waals surface area contributed by atoms with Gasteiger partial charge in [0.05, 0.1) is 0 Å². The standard InChI is InChI=1S/C5H10.C2H5N.C2H6/c1-3-5-4-2;1-3-2;1-2/h3,5H,4H2,1-2H3;1H2,2H3;1-2H3/b5-3-;;. The zero-order chi connectivity index (χ0) is 8.83. The topological polar surface area (TPSA) is 12.4 Å². The second-order valence-electron chi connectivity index (χ2n) is 1.29. The van der Waals surface area contributed by atoms with Gasteiger partial charge in [-0.15, -0.1) is 0 Å². The highest BCUT2D eigenvalue weighted by molar-refractivity contribution is 5.22. The zero-order valence-electron chi connectivity index (χ0n) is 8.02. The minimum atomic E-state index is 1.16. The van der Waals surface area contributed by atoms with Gasteiger partial charge in [-0.05, 0) is 20.1 Å². The van der Waals surface area contributed by atoms with Gasteiger partial charge in [-0.25, -0.2) is 0 Å². The summed E-state index contributed by atoms with van der Waals surface area (Å²) >= 11 is 0. The normalized spacial score (nSPS) is 6.90. The van der Waals surface area contributed by atoms with Gasteiger partial charge in [-0.2, -0.15) is 0 Å². The third-order valence-corrected chi connectivity index (χ3v) is 0.471. The van der Waals surface area contributed by atoms with Gasteiger partial charge in [0.1, 0.15) is 0 Å². The fraction of sp³-hybridized carbons (Fsp3) is 0.667. The average Bonchev–Trinajstić information content (AvgIpc) is 1.96. The highest BCUT2D eigenvalue weighted by Crippen LogP contribution is 1.73. The Bertz CT molecular complexity index is 55.7. The molecule has 0 unspecified atom stereocenters. The Morgan fingerprint density at radius 3 is 1.70 bits per heavy atom. The lowest BCUT2D eigenvalue weighted by Gasteiger charge is -1.65. The van der Waals surface area contributed by atoms with Gasteiger partial charge in [-0.3, -0.25) is 0 Å². The van der Waals surface area contributed by atoms with E-state index in [1.54, 1.807) is 7.05 Å². The van der Waals surface area contributed by atoms with Crippen LogP contribution in [0.3, 0.4) is 0 Å². The van der Waals surface area contributed by atoms with Crippen LogP contribution in [0.15, 0.2) is 17.1 Å². The van der Waals surface area contributed by atoms with E-state index in [9.17, 15) is 0 Å². The maximum Gasteiger partial charge on any atom is 0.0269 e. The lowest BCUT2D eigenvalue weighted by atomic mass is 10.4. The second-order valence-corrected chi connectivity index (χ2v) is 1.29. The summed E-state index contributed by atoms with van der Waals surface area (Å²) in [5, 5.41) is 0. The summed E-state index contributed by atoms with van der Waals surface area (Å²) in [6, 6.07) is 0. The Morgan fingerprint density at radius 2 is 1.70 bits per heavy atom. The first kappa shape index (κ1) is 16.2. The first-order valence-corrected chi connectivity index (χ1v) is 3.79. The predicted octanol–water partition coefficient (Wildman–Crippen LogP) is 3.32. The summed E-state index contributed by atoms with van der Waals surface area (Å²) in [7, 11) is 1.64. The first-order valence-electron chi connectivity index (χ1n) is 3.79. The minimum Gasteiger partial charge on any atom is -0.304 e. The molecule has 0 rings (SSSR count). The minimum absolute atomic E-state index is 1.16. The SMILES string of the molecule is C/C=C\CC.C=NC.CC. The maximum atomic E-state index is 3.25. The Balaban J connectivity index is -0.0000000847. The summed E-state index contributed by atoms with van der Waals surface area (Å²) in [5.41, 5.74) is 0. The van der Waals surface area contributed by atoms with Crippen LogP contribution in [0.5, 0.6) is 0 Å². The average molecular weight is 143 g/mol.